The number of carbonyl (C=O) groups is 3. The Morgan fingerprint density at radius 3 is 2.46 bits per heavy atom. The molecule has 1 heterocycles. The summed E-state index contributed by atoms with van der Waals surface area (Å²) in [5.74, 6) is 0.760. The number of nitrogens with zero attached hydrogens (tertiary/aromatic N) is 1. The minimum absolute atomic E-state index is 0.0574. The van der Waals surface area contributed by atoms with E-state index in [1.165, 1.54) is 6.42 Å². The number of hydrogen-bond acceptors (Lipinski definition) is 4. The molecule has 5 nitrogen and oxygen atoms in total. The summed E-state index contributed by atoms with van der Waals surface area (Å²) in [5.41, 5.74) is 1.19. The molecule has 0 aromatic heterocycles. The Morgan fingerprint density at radius 1 is 1.15 bits per heavy atom. The van der Waals surface area contributed by atoms with Gasteiger partial charge in [-0.25, -0.2) is 4.79 Å². The van der Waals surface area contributed by atoms with Crippen molar-refractivity contribution in [3.63, 3.8) is 0 Å². The third-order valence-electron chi connectivity index (χ3n) is 6.93. The highest BCUT2D eigenvalue weighted by Crippen LogP contribution is 2.61. The van der Waals surface area contributed by atoms with Gasteiger partial charge in [0.05, 0.1) is 11.3 Å². The smallest absolute Gasteiger partial charge is 0.338 e. The van der Waals surface area contributed by atoms with E-state index in [1.807, 2.05) is 0 Å². The number of fused-ring (bicyclic) bond motifs is 2. The molecule has 0 spiro atoms. The first-order valence-corrected chi connectivity index (χ1v) is 9.46. The number of imide groups is 1. The van der Waals surface area contributed by atoms with Gasteiger partial charge in [-0.1, -0.05) is 26.8 Å². The van der Waals surface area contributed by atoms with Gasteiger partial charge in [0.25, 0.3) is 0 Å². The molecular weight excluding hydrogens is 330 g/mol. The SMILES string of the molecule is CC1C(OC(=O)c2cccc(N3C(=O)CCC3=O)c2)CC2CC1C2(C)C. The summed E-state index contributed by atoms with van der Waals surface area (Å²) in [5, 5.41) is 0. The molecule has 26 heavy (non-hydrogen) atoms. The second-order valence-corrected chi connectivity index (χ2v) is 8.57. The molecule has 1 saturated heterocycles. The zero-order chi connectivity index (χ0) is 18.6. The average molecular weight is 355 g/mol. The van der Waals surface area contributed by atoms with Crippen molar-refractivity contribution in [1.29, 1.82) is 0 Å². The first-order chi connectivity index (χ1) is 12.3. The van der Waals surface area contributed by atoms with E-state index in [-0.39, 0.29) is 36.7 Å². The number of rotatable bonds is 3. The van der Waals surface area contributed by atoms with E-state index in [1.54, 1.807) is 24.3 Å². The normalized spacial score (nSPS) is 32.3. The molecule has 1 aromatic carbocycles. The fourth-order valence-corrected chi connectivity index (χ4v) is 5.10. The van der Waals surface area contributed by atoms with Gasteiger partial charge in [0.1, 0.15) is 6.10 Å². The minimum Gasteiger partial charge on any atom is -0.458 e. The summed E-state index contributed by atoms with van der Waals surface area (Å²) in [7, 11) is 0. The first kappa shape index (κ1) is 17.3. The lowest BCUT2D eigenvalue weighted by atomic mass is 9.45. The quantitative estimate of drug-likeness (QED) is 0.614. The fraction of sp³-hybridized carbons (Fsp3) is 0.571. The highest BCUT2D eigenvalue weighted by atomic mass is 16.5. The topological polar surface area (TPSA) is 63.7 Å². The Bertz CT molecular complexity index is 768. The molecular formula is C21H25NO4. The minimum atomic E-state index is -0.373. The molecule has 4 aliphatic rings. The second kappa shape index (κ2) is 5.93. The van der Waals surface area contributed by atoms with Crippen LogP contribution in [-0.2, 0) is 14.3 Å². The molecule has 5 rings (SSSR count). The number of amides is 2. The summed E-state index contributed by atoms with van der Waals surface area (Å²) >= 11 is 0. The number of esters is 1. The molecule has 0 N–H and O–H groups in total. The third kappa shape index (κ3) is 2.56. The maximum Gasteiger partial charge on any atom is 0.338 e. The summed E-state index contributed by atoms with van der Waals surface area (Å²) in [4.78, 5) is 37.7. The van der Waals surface area contributed by atoms with Crippen LogP contribution in [0.2, 0.25) is 0 Å². The summed E-state index contributed by atoms with van der Waals surface area (Å²) in [6.45, 7) is 6.81. The molecule has 2 amide bonds. The first-order valence-electron chi connectivity index (χ1n) is 9.46. The number of benzene rings is 1. The molecule has 1 aromatic rings. The van der Waals surface area contributed by atoms with Crippen LogP contribution in [0, 0.1) is 23.2 Å². The lowest BCUT2D eigenvalue weighted by molar-refractivity contribution is -0.156. The van der Waals surface area contributed by atoms with Crippen LogP contribution >= 0.6 is 0 Å². The van der Waals surface area contributed by atoms with Crippen molar-refractivity contribution in [3.05, 3.63) is 29.8 Å². The van der Waals surface area contributed by atoms with Gasteiger partial charge in [-0.15, -0.1) is 0 Å². The van der Waals surface area contributed by atoms with Gasteiger partial charge in [0.2, 0.25) is 11.8 Å². The third-order valence-corrected chi connectivity index (χ3v) is 6.93. The molecule has 4 fully saturated rings. The molecule has 138 valence electrons. The van der Waals surface area contributed by atoms with Crippen LogP contribution in [0.5, 0.6) is 0 Å². The van der Waals surface area contributed by atoms with Gasteiger partial charge in [-0.05, 0) is 54.2 Å². The Morgan fingerprint density at radius 2 is 1.85 bits per heavy atom. The van der Waals surface area contributed by atoms with Gasteiger partial charge in [-0.3, -0.25) is 14.5 Å². The highest BCUT2D eigenvalue weighted by Gasteiger charge is 2.57. The van der Waals surface area contributed by atoms with Crippen LogP contribution in [-0.4, -0.2) is 23.9 Å². The van der Waals surface area contributed by atoms with Gasteiger partial charge >= 0.3 is 5.97 Å². The van der Waals surface area contributed by atoms with Crippen LogP contribution in [0.1, 0.15) is 56.8 Å². The predicted molar refractivity (Wildman–Crippen MR) is 96.5 cm³/mol. The fourth-order valence-electron chi connectivity index (χ4n) is 5.10. The Hall–Kier alpha value is -2.17. The van der Waals surface area contributed by atoms with Gasteiger partial charge in [-0.2, -0.15) is 0 Å². The maximum atomic E-state index is 12.7. The van der Waals surface area contributed by atoms with E-state index in [2.05, 4.69) is 20.8 Å². The van der Waals surface area contributed by atoms with Crippen LogP contribution in [0.15, 0.2) is 24.3 Å². The van der Waals surface area contributed by atoms with Crippen molar-refractivity contribution in [2.24, 2.45) is 23.2 Å². The molecule has 3 saturated carbocycles. The molecule has 0 radical (unpaired) electrons. The van der Waals surface area contributed by atoms with E-state index in [0.717, 1.165) is 11.3 Å². The zero-order valence-electron chi connectivity index (χ0n) is 15.5. The molecule has 3 aliphatic carbocycles. The van der Waals surface area contributed by atoms with Crippen molar-refractivity contribution < 1.29 is 19.1 Å². The van der Waals surface area contributed by atoms with Crippen LogP contribution < -0.4 is 4.90 Å². The summed E-state index contributed by atoms with van der Waals surface area (Å²) in [6.07, 6.45) is 2.55. The lowest BCUT2D eigenvalue weighted by Crippen LogP contribution is -2.57. The van der Waals surface area contributed by atoms with E-state index < -0.39 is 0 Å². The standard InChI is InChI=1S/C21H25NO4/c1-12-16-10-14(21(16,2)3)11-17(12)26-20(25)13-5-4-6-15(9-13)22-18(23)7-8-19(22)24/h4-6,9,12,14,16-17H,7-8,10-11H2,1-3H3. The summed E-state index contributed by atoms with van der Waals surface area (Å²) in [6, 6.07) is 6.63. The molecule has 4 atom stereocenters. The van der Waals surface area contributed by atoms with Crippen LogP contribution in [0.4, 0.5) is 5.69 Å². The van der Waals surface area contributed by atoms with Crippen molar-refractivity contribution in [2.45, 2.75) is 52.6 Å². The lowest BCUT2D eigenvalue weighted by Gasteiger charge is -2.61. The monoisotopic (exact) mass is 355 g/mol. The predicted octanol–water partition coefficient (Wildman–Crippen LogP) is 3.57. The Kier molecular flexibility index (Phi) is 3.94. The van der Waals surface area contributed by atoms with Gasteiger partial charge in [0, 0.05) is 12.8 Å². The van der Waals surface area contributed by atoms with Crippen molar-refractivity contribution in [3.8, 4) is 0 Å². The Labute approximate surface area is 153 Å². The molecule has 1 aliphatic heterocycles. The van der Waals surface area contributed by atoms with E-state index in [0.29, 0.717) is 34.4 Å². The molecule has 4 unspecified atom stereocenters. The van der Waals surface area contributed by atoms with Gasteiger partial charge < -0.3 is 4.74 Å². The van der Waals surface area contributed by atoms with Gasteiger partial charge in [0.15, 0.2) is 0 Å². The number of anilines is 1. The summed E-state index contributed by atoms with van der Waals surface area (Å²) < 4.78 is 5.83. The van der Waals surface area contributed by atoms with Crippen LogP contribution in [0.3, 0.4) is 0 Å². The highest BCUT2D eigenvalue weighted by molar-refractivity contribution is 6.20. The largest absolute Gasteiger partial charge is 0.458 e. The van der Waals surface area contributed by atoms with Crippen molar-refractivity contribution in [2.75, 3.05) is 4.90 Å². The van der Waals surface area contributed by atoms with E-state index >= 15 is 0 Å². The number of carbonyl (C=O) groups excluding carboxylic acids is 3. The Balaban J connectivity index is 1.49. The van der Waals surface area contributed by atoms with Crippen molar-refractivity contribution in [1.82, 2.24) is 0 Å². The maximum absolute atomic E-state index is 12.7. The second-order valence-electron chi connectivity index (χ2n) is 8.57. The van der Waals surface area contributed by atoms with Crippen LogP contribution in [0.25, 0.3) is 0 Å². The average Bonchev–Trinajstić information content (AvgIpc) is 2.94. The van der Waals surface area contributed by atoms with E-state index in [4.69, 9.17) is 4.74 Å². The molecule has 5 heteroatoms. The van der Waals surface area contributed by atoms with E-state index in [9.17, 15) is 14.4 Å². The zero-order valence-corrected chi connectivity index (χ0v) is 15.5. The molecule has 2 bridgehead atoms. The van der Waals surface area contributed by atoms with Crippen molar-refractivity contribution >= 4 is 23.5 Å². The number of ether oxygens (including phenoxy) is 1. The number of hydrogen-bond donors (Lipinski definition) is 0.